The second-order valence-corrected chi connectivity index (χ2v) is 9.77. The minimum atomic E-state index is -3.75. The Labute approximate surface area is 195 Å². The van der Waals surface area contributed by atoms with E-state index in [9.17, 15) is 13.2 Å². The van der Waals surface area contributed by atoms with Gasteiger partial charge in [0.25, 0.3) is 0 Å². The molecule has 0 saturated carbocycles. The van der Waals surface area contributed by atoms with Crippen LogP contribution in [0.25, 0.3) is 11.1 Å². The molecule has 0 heterocycles. The molecule has 0 unspecified atom stereocenters. The summed E-state index contributed by atoms with van der Waals surface area (Å²) in [6.45, 7) is 5.96. The van der Waals surface area contributed by atoms with E-state index >= 15 is 0 Å². The van der Waals surface area contributed by atoms with Crippen LogP contribution in [0.4, 0.5) is 0 Å². The Balaban J connectivity index is 1.61. The van der Waals surface area contributed by atoms with Crippen LogP contribution in [-0.4, -0.2) is 34.1 Å². The third kappa shape index (κ3) is 6.43. The Hall–Kier alpha value is -3.16. The van der Waals surface area contributed by atoms with Gasteiger partial charge in [-0.3, -0.25) is 0 Å². The van der Waals surface area contributed by atoms with Crippen LogP contribution in [0.1, 0.15) is 35.3 Å². The quantitative estimate of drug-likeness (QED) is 0.459. The molecule has 0 radical (unpaired) electrons. The molecule has 1 N–H and O–H groups in total. The number of ether oxygens (including phenoxy) is 2. The average Bonchev–Trinajstić information content (AvgIpc) is 2.79. The lowest BCUT2D eigenvalue weighted by atomic mass is 10.0. The molecule has 33 heavy (non-hydrogen) atoms. The van der Waals surface area contributed by atoms with Gasteiger partial charge in [0.2, 0.25) is 10.0 Å². The highest BCUT2D eigenvalue weighted by atomic mass is 32.2. The van der Waals surface area contributed by atoms with Gasteiger partial charge in [0.05, 0.1) is 23.7 Å². The van der Waals surface area contributed by atoms with Crippen molar-refractivity contribution in [2.24, 2.45) is 0 Å². The van der Waals surface area contributed by atoms with E-state index in [0.29, 0.717) is 12.0 Å². The van der Waals surface area contributed by atoms with E-state index in [4.69, 9.17) is 9.47 Å². The first-order valence-corrected chi connectivity index (χ1v) is 12.2. The summed E-state index contributed by atoms with van der Waals surface area (Å²) in [5, 5.41) is 0. The van der Waals surface area contributed by atoms with Gasteiger partial charge < -0.3 is 9.47 Å². The van der Waals surface area contributed by atoms with Crippen LogP contribution < -0.4 is 9.46 Å². The third-order valence-electron chi connectivity index (χ3n) is 5.14. The van der Waals surface area contributed by atoms with Crippen molar-refractivity contribution in [2.45, 2.75) is 38.2 Å². The molecule has 0 aliphatic heterocycles. The molecule has 0 amide bonds. The molecule has 0 spiro atoms. The molecule has 0 atom stereocenters. The topological polar surface area (TPSA) is 81.7 Å². The van der Waals surface area contributed by atoms with Crippen molar-refractivity contribution in [3.63, 3.8) is 0 Å². The first-order chi connectivity index (χ1) is 15.7. The van der Waals surface area contributed by atoms with E-state index < -0.39 is 16.0 Å². The van der Waals surface area contributed by atoms with E-state index in [1.165, 1.54) is 19.2 Å². The number of sulfonamides is 1. The molecule has 3 aromatic rings. The predicted octanol–water partition coefficient (Wildman–Crippen LogP) is 4.76. The molecule has 7 heteroatoms. The highest BCUT2D eigenvalue weighted by Gasteiger charge is 2.18. The van der Waals surface area contributed by atoms with Crippen molar-refractivity contribution in [3.05, 3.63) is 83.4 Å². The van der Waals surface area contributed by atoms with Gasteiger partial charge in [-0.1, -0.05) is 42.5 Å². The van der Waals surface area contributed by atoms with Crippen molar-refractivity contribution in [3.8, 4) is 16.9 Å². The number of nitrogens with one attached hydrogen (secondary N) is 1. The summed E-state index contributed by atoms with van der Waals surface area (Å²) in [7, 11) is -2.48. The number of carbonyl (C=O) groups is 1. The highest BCUT2D eigenvalue weighted by molar-refractivity contribution is 7.89. The number of methoxy groups -OCH3 is 1. The first-order valence-electron chi connectivity index (χ1n) is 10.7. The summed E-state index contributed by atoms with van der Waals surface area (Å²) in [4.78, 5) is 11.9. The number of hydrogen-bond donors (Lipinski definition) is 1. The molecule has 174 valence electrons. The zero-order valence-corrected chi connectivity index (χ0v) is 20.1. The number of benzene rings is 3. The Morgan fingerprint density at radius 2 is 1.55 bits per heavy atom. The second kappa shape index (κ2) is 10.6. The van der Waals surface area contributed by atoms with Gasteiger partial charge in [-0.2, -0.15) is 0 Å². The lowest BCUT2D eigenvalue weighted by Gasteiger charge is -2.11. The molecule has 0 aliphatic rings. The SMILES string of the molecule is COC(=O)c1cc(S(=O)(=O)NCCc2ccc(-c3ccc(OC(C)C)cc3)cc2)ccc1C. The van der Waals surface area contributed by atoms with Gasteiger partial charge in [0, 0.05) is 6.54 Å². The van der Waals surface area contributed by atoms with E-state index in [-0.39, 0.29) is 23.1 Å². The molecule has 0 bridgehead atoms. The molecule has 6 nitrogen and oxygen atoms in total. The smallest absolute Gasteiger partial charge is 0.338 e. The first kappa shape index (κ1) is 24.5. The summed E-state index contributed by atoms with van der Waals surface area (Å²) in [6, 6.07) is 20.4. The maximum Gasteiger partial charge on any atom is 0.338 e. The fraction of sp³-hybridized carbons (Fsp3) is 0.269. The molecule has 3 rings (SSSR count). The van der Waals surface area contributed by atoms with Crippen molar-refractivity contribution in [2.75, 3.05) is 13.7 Å². The normalized spacial score (nSPS) is 11.4. The molecule has 3 aromatic carbocycles. The van der Waals surface area contributed by atoms with Crippen LogP contribution in [0, 0.1) is 6.92 Å². The van der Waals surface area contributed by atoms with Gasteiger partial charge >= 0.3 is 5.97 Å². The Bertz CT molecular complexity index is 1200. The standard InChI is InChI=1S/C26H29NO5S/c1-18(2)32-23-12-10-22(11-13-23)21-8-6-20(7-9-21)15-16-27-33(29,30)24-14-5-19(3)25(17-24)26(28)31-4/h5-14,17-18,27H,15-16H2,1-4H3. The van der Waals surface area contributed by atoms with Crippen molar-refractivity contribution in [1.82, 2.24) is 4.72 Å². The fourth-order valence-electron chi connectivity index (χ4n) is 3.37. The predicted molar refractivity (Wildman–Crippen MR) is 129 cm³/mol. The molecular weight excluding hydrogens is 438 g/mol. The lowest BCUT2D eigenvalue weighted by molar-refractivity contribution is 0.0599. The Morgan fingerprint density at radius 3 is 2.12 bits per heavy atom. The van der Waals surface area contributed by atoms with Crippen molar-refractivity contribution < 1.29 is 22.7 Å². The van der Waals surface area contributed by atoms with Gasteiger partial charge in [-0.25, -0.2) is 17.9 Å². The Morgan fingerprint density at radius 1 is 0.939 bits per heavy atom. The van der Waals surface area contributed by atoms with Gasteiger partial charge in [0.15, 0.2) is 0 Å². The zero-order chi connectivity index (χ0) is 24.0. The fourth-order valence-corrected chi connectivity index (χ4v) is 4.43. The van der Waals surface area contributed by atoms with E-state index in [2.05, 4.69) is 4.72 Å². The average molecular weight is 468 g/mol. The number of carbonyl (C=O) groups excluding carboxylic acids is 1. The lowest BCUT2D eigenvalue weighted by Crippen LogP contribution is -2.26. The summed E-state index contributed by atoms with van der Waals surface area (Å²) >= 11 is 0. The van der Waals surface area contributed by atoms with E-state index in [1.807, 2.05) is 62.4 Å². The van der Waals surface area contributed by atoms with Crippen LogP contribution in [0.15, 0.2) is 71.6 Å². The number of aryl methyl sites for hydroxylation is 1. The minimum Gasteiger partial charge on any atom is -0.491 e. The van der Waals surface area contributed by atoms with Crippen LogP contribution >= 0.6 is 0 Å². The summed E-state index contributed by atoms with van der Waals surface area (Å²) in [5.41, 5.74) is 4.06. The maximum atomic E-state index is 12.7. The van der Waals surface area contributed by atoms with Gasteiger partial charge in [-0.05, 0) is 73.7 Å². The summed E-state index contributed by atoms with van der Waals surface area (Å²) in [5.74, 6) is 0.275. The second-order valence-electron chi connectivity index (χ2n) is 8.00. The van der Waals surface area contributed by atoms with Crippen molar-refractivity contribution in [1.29, 1.82) is 0 Å². The maximum absolute atomic E-state index is 12.7. The number of esters is 1. The van der Waals surface area contributed by atoms with Crippen molar-refractivity contribution >= 4 is 16.0 Å². The summed E-state index contributed by atoms with van der Waals surface area (Å²) < 4.78 is 38.3. The summed E-state index contributed by atoms with van der Waals surface area (Å²) in [6.07, 6.45) is 0.671. The van der Waals surface area contributed by atoms with Crippen LogP contribution in [0.5, 0.6) is 5.75 Å². The zero-order valence-electron chi connectivity index (χ0n) is 19.3. The van der Waals surface area contributed by atoms with Crippen LogP contribution in [0.3, 0.4) is 0 Å². The molecule has 0 aromatic heterocycles. The Kier molecular flexibility index (Phi) is 7.89. The molecule has 0 fully saturated rings. The number of rotatable bonds is 9. The minimum absolute atomic E-state index is 0.0359. The van der Waals surface area contributed by atoms with Gasteiger partial charge in [0.1, 0.15) is 5.75 Å². The highest BCUT2D eigenvalue weighted by Crippen LogP contribution is 2.23. The van der Waals surface area contributed by atoms with Crippen LogP contribution in [0.2, 0.25) is 0 Å². The third-order valence-corrected chi connectivity index (χ3v) is 6.60. The molecular formula is C26H29NO5S. The van der Waals surface area contributed by atoms with Crippen LogP contribution in [-0.2, 0) is 21.2 Å². The molecule has 0 aliphatic carbocycles. The van der Waals surface area contributed by atoms with E-state index in [0.717, 1.165) is 22.4 Å². The largest absolute Gasteiger partial charge is 0.491 e. The van der Waals surface area contributed by atoms with Gasteiger partial charge in [-0.15, -0.1) is 0 Å². The van der Waals surface area contributed by atoms with E-state index in [1.54, 1.807) is 13.0 Å². The number of hydrogen-bond acceptors (Lipinski definition) is 5. The molecule has 0 saturated heterocycles. The monoisotopic (exact) mass is 467 g/mol.